The molecule has 0 amide bonds. The molecule has 2 saturated heterocycles. The molecule has 16 nitrogen and oxygen atoms in total. The van der Waals surface area contributed by atoms with Crippen molar-refractivity contribution in [1.29, 1.82) is 0 Å². The second-order valence-corrected chi connectivity index (χ2v) is 13.2. The highest BCUT2D eigenvalue weighted by Gasteiger charge is 2.51. The summed E-state index contributed by atoms with van der Waals surface area (Å²) in [5.41, 5.74) is 1.07. The first-order valence-corrected chi connectivity index (χ1v) is 18.9. The van der Waals surface area contributed by atoms with Gasteiger partial charge >= 0.3 is 35.8 Å². The molecular formula is C45H40O16. The van der Waals surface area contributed by atoms with Crippen LogP contribution in [0.15, 0.2) is 104 Å². The van der Waals surface area contributed by atoms with Crippen LogP contribution >= 0.6 is 0 Å². The van der Waals surface area contributed by atoms with Crippen LogP contribution in [0.25, 0.3) is 0 Å². The maximum absolute atomic E-state index is 13.4. The van der Waals surface area contributed by atoms with Crippen LogP contribution in [0.4, 0.5) is 0 Å². The van der Waals surface area contributed by atoms with E-state index in [2.05, 4.69) is 13.2 Å². The Labute approximate surface area is 349 Å². The summed E-state index contributed by atoms with van der Waals surface area (Å²) in [6, 6.07) is 18.5. The Bertz CT molecular complexity index is 2350. The third-order valence-electron chi connectivity index (χ3n) is 9.12. The van der Waals surface area contributed by atoms with Gasteiger partial charge in [0.1, 0.15) is 40.8 Å². The molecule has 6 rings (SSSR count). The molecule has 316 valence electrons. The molecule has 0 aromatic heterocycles. The zero-order valence-corrected chi connectivity index (χ0v) is 33.2. The maximum Gasteiger partial charge on any atom is 0.343 e. The van der Waals surface area contributed by atoms with E-state index in [-0.39, 0.29) is 83.2 Å². The summed E-state index contributed by atoms with van der Waals surface area (Å²) in [6.07, 6.45) is -1.10. The number of carbonyl (C=O) groups excluding carboxylic acids is 6. The molecule has 16 heteroatoms. The summed E-state index contributed by atoms with van der Waals surface area (Å²) in [5, 5.41) is 0. The molecule has 0 aliphatic carbocycles. The molecule has 0 saturated carbocycles. The quantitative estimate of drug-likeness (QED) is 0.0728. The normalized spacial score (nSPS) is 17.5. The van der Waals surface area contributed by atoms with Gasteiger partial charge in [0, 0.05) is 18.2 Å². The van der Waals surface area contributed by atoms with E-state index in [9.17, 15) is 28.8 Å². The summed E-state index contributed by atoms with van der Waals surface area (Å²) in [5.74, 6) is -3.32. The Kier molecular flexibility index (Phi) is 13.9. The van der Waals surface area contributed by atoms with Crippen molar-refractivity contribution in [3.8, 4) is 34.5 Å². The van der Waals surface area contributed by atoms with Crippen LogP contribution in [0.5, 0.6) is 34.5 Å². The molecule has 0 bridgehead atoms. The van der Waals surface area contributed by atoms with E-state index in [1.165, 1.54) is 78.9 Å². The lowest BCUT2D eigenvalue weighted by Gasteiger charge is -2.18. The first-order chi connectivity index (χ1) is 29.4. The van der Waals surface area contributed by atoms with Crippen LogP contribution in [-0.2, 0) is 28.5 Å². The minimum atomic E-state index is -0.846. The van der Waals surface area contributed by atoms with Crippen LogP contribution < -0.4 is 28.4 Å². The van der Waals surface area contributed by atoms with Gasteiger partial charge in [-0.05, 0) is 99.1 Å². The Morgan fingerprint density at radius 2 is 1.10 bits per heavy atom. The van der Waals surface area contributed by atoms with Gasteiger partial charge < -0.3 is 47.4 Å². The third kappa shape index (κ3) is 10.5. The van der Waals surface area contributed by atoms with E-state index in [1.54, 1.807) is 20.8 Å². The monoisotopic (exact) mass is 836 g/mol. The number of benzene rings is 4. The Morgan fingerprint density at radius 3 is 1.72 bits per heavy atom. The van der Waals surface area contributed by atoms with Gasteiger partial charge in [-0.3, -0.25) is 0 Å². The number of hydrogen-bond donors (Lipinski definition) is 0. The van der Waals surface area contributed by atoms with Crippen molar-refractivity contribution in [3.63, 3.8) is 0 Å². The Morgan fingerprint density at radius 1 is 0.557 bits per heavy atom. The zero-order chi connectivity index (χ0) is 43.6. The van der Waals surface area contributed by atoms with Crippen molar-refractivity contribution < 1.29 is 76.1 Å². The van der Waals surface area contributed by atoms with Crippen molar-refractivity contribution in [1.82, 2.24) is 0 Å². The average molecular weight is 837 g/mol. The van der Waals surface area contributed by atoms with Gasteiger partial charge in [-0.2, -0.15) is 0 Å². The first kappa shape index (κ1) is 43.3. The number of esters is 6. The summed E-state index contributed by atoms with van der Waals surface area (Å²) >= 11 is 0. The molecule has 61 heavy (non-hydrogen) atoms. The number of carbonyl (C=O) groups is 6. The molecule has 0 N–H and O–H groups in total. The SMILES string of the molecule is C=CC(=O)Oc1ccc(C(=O)Oc2ccc(C(=O)O[C@@H]3CO[C@H]4[C@@H]3OC[C@H]4OC(=O)c3ccc(OC(=O)c4ccc(OC(=O)C=C)c(OCC)c4)cc3)c(OCC)c2)c(C)c1. The fourth-order valence-corrected chi connectivity index (χ4v) is 6.26. The minimum Gasteiger partial charge on any atom is -0.493 e. The van der Waals surface area contributed by atoms with Gasteiger partial charge in [-0.25, -0.2) is 28.8 Å². The molecule has 2 heterocycles. The molecule has 2 aliphatic rings. The molecule has 2 fully saturated rings. The molecular weight excluding hydrogens is 796 g/mol. The molecule has 0 unspecified atom stereocenters. The molecule has 0 radical (unpaired) electrons. The van der Waals surface area contributed by atoms with Crippen LogP contribution in [0.1, 0.15) is 60.8 Å². The van der Waals surface area contributed by atoms with Gasteiger partial charge in [0.25, 0.3) is 0 Å². The van der Waals surface area contributed by atoms with Crippen LogP contribution in [-0.4, -0.2) is 86.7 Å². The minimum absolute atomic E-state index is 0.0213. The van der Waals surface area contributed by atoms with Crippen molar-refractivity contribution in [2.75, 3.05) is 26.4 Å². The predicted octanol–water partition coefficient (Wildman–Crippen LogP) is 5.96. The van der Waals surface area contributed by atoms with Gasteiger partial charge in [-0.15, -0.1) is 0 Å². The summed E-state index contributed by atoms with van der Waals surface area (Å²) in [7, 11) is 0. The summed E-state index contributed by atoms with van der Waals surface area (Å²) in [4.78, 5) is 75.6. The van der Waals surface area contributed by atoms with Crippen LogP contribution in [0.3, 0.4) is 0 Å². The molecule has 4 aromatic rings. The third-order valence-corrected chi connectivity index (χ3v) is 9.12. The molecule has 0 spiro atoms. The Hall–Kier alpha value is -7.30. The highest BCUT2D eigenvalue weighted by atomic mass is 16.7. The van der Waals surface area contributed by atoms with Crippen molar-refractivity contribution in [2.24, 2.45) is 0 Å². The molecule has 4 aromatic carbocycles. The highest BCUT2D eigenvalue weighted by molar-refractivity contribution is 5.95. The highest BCUT2D eigenvalue weighted by Crippen LogP contribution is 2.34. The van der Waals surface area contributed by atoms with E-state index in [0.29, 0.717) is 5.56 Å². The lowest BCUT2D eigenvalue weighted by Crippen LogP contribution is -2.36. The van der Waals surface area contributed by atoms with Crippen LogP contribution in [0.2, 0.25) is 0 Å². The smallest absolute Gasteiger partial charge is 0.343 e. The predicted molar refractivity (Wildman–Crippen MR) is 212 cm³/mol. The van der Waals surface area contributed by atoms with Gasteiger partial charge in [0.2, 0.25) is 0 Å². The van der Waals surface area contributed by atoms with E-state index < -0.39 is 60.2 Å². The molecule has 4 atom stereocenters. The van der Waals surface area contributed by atoms with Crippen LogP contribution in [0, 0.1) is 6.92 Å². The second-order valence-electron chi connectivity index (χ2n) is 13.2. The summed E-state index contributed by atoms with van der Waals surface area (Å²) in [6.45, 7) is 12.2. The van der Waals surface area contributed by atoms with Crippen molar-refractivity contribution in [3.05, 3.63) is 132 Å². The number of ether oxygens (including phenoxy) is 10. The maximum atomic E-state index is 13.4. The van der Waals surface area contributed by atoms with Gasteiger partial charge in [0.15, 0.2) is 23.7 Å². The summed E-state index contributed by atoms with van der Waals surface area (Å²) < 4.78 is 55.7. The first-order valence-electron chi connectivity index (χ1n) is 18.9. The van der Waals surface area contributed by atoms with E-state index in [0.717, 1.165) is 12.2 Å². The number of aryl methyl sites for hydroxylation is 1. The molecule has 2 aliphatic heterocycles. The van der Waals surface area contributed by atoms with E-state index in [1.807, 2.05) is 0 Å². The van der Waals surface area contributed by atoms with Crippen molar-refractivity contribution in [2.45, 2.75) is 45.2 Å². The fraction of sp³-hybridized carbons (Fsp3) is 0.244. The standard InChI is InChI=1S/C45H40O16/c1-6-38(46)56-29-15-17-31(25(5)20-29)44(50)58-30-16-18-32(34(22-30)52-8-3)45(51)61-37-24-55-40-36(23-54-41(37)40)60-42(48)26-10-13-28(14-11-26)57-43(49)27-12-19-33(59-39(47)7-2)35(21-27)53-9-4/h6-7,10-22,36-37,40-41H,1-2,8-9,23-24H2,3-5H3/t36-,37-,40-,41-/m1/s1. The van der Waals surface area contributed by atoms with E-state index in [4.69, 9.17) is 47.4 Å². The number of fused-ring (bicyclic) bond motifs is 1. The average Bonchev–Trinajstić information content (AvgIpc) is 3.84. The van der Waals surface area contributed by atoms with Crippen molar-refractivity contribution >= 4 is 35.8 Å². The number of rotatable bonds is 16. The number of hydrogen-bond acceptors (Lipinski definition) is 16. The lowest BCUT2D eigenvalue weighted by atomic mass is 10.1. The van der Waals surface area contributed by atoms with Gasteiger partial charge in [-0.1, -0.05) is 13.2 Å². The van der Waals surface area contributed by atoms with Gasteiger partial charge in [0.05, 0.1) is 43.1 Å². The second kappa shape index (κ2) is 19.6. The topological polar surface area (TPSA) is 195 Å². The zero-order valence-electron chi connectivity index (χ0n) is 33.2. The fourth-order valence-electron chi connectivity index (χ4n) is 6.26. The lowest BCUT2D eigenvalue weighted by molar-refractivity contribution is -0.129. The largest absolute Gasteiger partial charge is 0.493 e. The van der Waals surface area contributed by atoms with E-state index >= 15 is 0 Å². The Balaban J connectivity index is 1.02.